The Morgan fingerprint density at radius 2 is 1.77 bits per heavy atom. The number of rotatable bonds is 4. The van der Waals surface area contributed by atoms with Gasteiger partial charge in [-0.15, -0.1) is 0 Å². The third kappa shape index (κ3) is 4.33. The number of piperidine rings is 1. The number of nitrogens with one attached hydrogen (secondary N) is 1. The molecular formula is C26H33N3O2. The number of likely N-dealkylation sites (tertiary alicyclic amines) is 1. The van der Waals surface area contributed by atoms with E-state index in [1.807, 2.05) is 34.9 Å². The van der Waals surface area contributed by atoms with Crippen LogP contribution < -0.4 is 10.9 Å². The summed E-state index contributed by atoms with van der Waals surface area (Å²) < 4.78 is 2.05. The van der Waals surface area contributed by atoms with Crippen molar-refractivity contribution in [2.75, 3.05) is 25.0 Å². The normalized spacial score (nSPS) is 23.9. The lowest BCUT2D eigenvalue weighted by Crippen LogP contribution is -2.48. The van der Waals surface area contributed by atoms with Crippen molar-refractivity contribution in [3.8, 4) is 11.1 Å². The van der Waals surface area contributed by atoms with Gasteiger partial charge in [0.1, 0.15) is 0 Å². The maximum absolute atomic E-state index is 13.4. The van der Waals surface area contributed by atoms with E-state index >= 15 is 0 Å². The highest BCUT2D eigenvalue weighted by Gasteiger charge is 2.35. The van der Waals surface area contributed by atoms with Crippen molar-refractivity contribution in [2.24, 2.45) is 11.8 Å². The van der Waals surface area contributed by atoms with Gasteiger partial charge in [-0.2, -0.15) is 0 Å². The molecular weight excluding hydrogens is 386 g/mol. The number of benzene rings is 1. The summed E-state index contributed by atoms with van der Waals surface area (Å²) in [6.07, 6.45) is 8.22. The Balaban J connectivity index is 1.35. The Labute approximate surface area is 184 Å². The zero-order valence-corrected chi connectivity index (χ0v) is 18.5. The lowest BCUT2D eigenvalue weighted by atomic mass is 9.81. The first-order chi connectivity index (χ1) is 15.1. The number of aromatic nitrogens is 1. The van der Waals surface area contributed by atoms with Crippen molar-refractivity contribution >= 4 is 11.6 Å². The Bertz CT molecular complexity index is 1000. The summed E-state index contributed by atoms with van der Waals surface area (Å²) in [4.78, 5) is 27.3. The molecule has 31 heavy (non-hydrogen) atoms. The molecule has 1 saturated carbocycles. The molecule has 164 valence electrons. The Morgan fingerprint density at radius 1 is 1.00 bits per heavy atom. The smallest absolute Gasteiger partial charge is 0.258 e. The van der Waals surface area contributed by atoms with E-state index in [9.17, 15) is 9.59 Å². The summed E-state index contributed by atoms with van der Waals surface area (Å²) >= 11 is 0. The predicted octanol–water partition coefficient (Wildman–Crippen LogP) is 4.47. The minimum Gasteiger partial charge on any atom is -0.326 e. The molecule has 5 rings (SSSR count). The van der Waals surface area contributed by atoms with Gasteiger partial charge in [-0.25, -0.2) is 0 Å². The van der Waals surface area contributed by atoms with Gasteiger partial charge >= 0.3 is 0 Å². The Morgan fingerprint density at radius 3 is 2.52 bits per heavy atom. The van der Waals surface area contributed by atoms with Crippen LogP contribution in [0, 0.1) is 11.8 Å². The third-order valence-electron chi connectivity index (χ3n) is 7.44. The van der Waals surface area contributed by atoms with Gasteiger partial charge in [0.15, 0.2) is 0 Å². The Hall–Kier alpha value is -2.40. The van der Waals surface area contributed by atoms with Gasteiger partial charge in [0.25, 0.3) is 5.56 Å². The first-order valence-corrected chi connectivity index (χ1v) is 11.9. The monoisotopic (exact) mass is 419 g/mol. The molecule has 1 N–H and O–H groups in total. The second-order valence-electron chi connectivity index (χ2n) is 9.87. The van der Waals surface area contributed by atoms with E-state index in [0.717, 1.165) is 42.4 Å². The topological polar surface area (TPSA) is 54.3 Å². The molecule has 2 aliphatic heterocycles. The molecule has 3 heterocycles. The van der Waals surface area contributed by atoms with Crippen LogP contribution in [0.3, 0.4) is 0 Å². The maximum atomic E-state index is 13.4. The molecule has 1 saturated heterocycles. The molecule has 2 bridgehead atoms. The van der Waals surface area contributed by atoms with E-state index in [1.165, 1.54) is 57.7 Å². The van der Waals surface area contributed by atoms with Crippen LogP contribution in [0.15, 0.2) is 41.2 Å². The molecule has 1 aromatic carbocycles. The van der Waals surface area contributed by atoms with E-state index in [4.69, 9.17) is 0 Å². The number of amides is 1. The van der Waals surface area contributed by atoms with Gasteiger partial charge in [-0.3, -0.25) is 9.59 Å². The summed E-state index contributed by atoms with van der Waals surface area (Å²) in [6, 6.07) is 11.7. The molecule has 2 aromatic rings. The fourth-order valence-corrected chi connectivity index (χ4v) is 6.08. The van der Waals surface area contributed by atoms with E-state index in [2.05, 4.69) is 16.3 Å². The molecule has 0 unspecified atom stereocenters. The third-order valence-corrected chi connectivity index (χ3v) is 7.44. The van der Waals surface area contributed by atoms with E-state index < -0.39 is 0 Å². The second kappa shape index (κ2) is 8.62. The Kier molecular flexibility index (Phi) is 5.70. The van der Waals surface area contributed by atoms with Crippen molar-refractivity contribution < 1.29 is 4.79 Å². The van der Waals surface area contributed by atoms with Crippen LogP contribution in [0.25, 0.3) is 11.1 Å². The van der Waals surface area contributed by atoms with Crippen LogP contribution in [0.4, 0.5) is 5.69 Å². The fourth-order valence-electron chi connectivity index (χ4n) is 6.08. The summed E-state index contributed by atoms with van der Waals surface area (Å²) in [7, 11) is 0. The van der Waals surface area contributed by atoms with Crippen molar-refractivity contribution in [1.82, 2.24) is 9.47 Å². The van der Waals surface area contributed by atoms with Crippen LogP contribution in [-0.4, -0.2) is 35.0 Å². The van der Waals surface area contributed by atoms with Gasteiger partial charge in [-0.1, -0.05) is 31.4 Å². The average molecular weight is 420 g/mol. The number of hydrogen-bond donors (Lipinski definition) is 1. The first kappa shape index (κ1) is 20.5. The highest BCUT2D eigenvalue weighted by Crippen LogP contribution is 2.37. The minimum absolute atomic E-state index is 0.0920. The molecule has 1 amide bonds. The molecule has 0 spiro atoms. The molecule has 2 atom stereocenters. The molecule has 5 nitrogen and oxygen atoms in total. The first-order valence-electron chi connectivity index (χ1n) is 11.9. The van der Waals surface area contributed by atoms with Crippen molar-refractivity contribution in [3.63, 3.8) is 0 Å². The number of carbonyl (C=O) groups excluding carboxylic acids is 1. The summed E-state index contributed by atoms with van der Waals surface area (Å²) in [5.41, 5.74) is 3.75. The van der Waals surface area contributed by atoms with E-state index in [-0.39, 0.29) is 11.5 Å². The van der Waals surface area contributed by atoms with Crippen LogP contribution in [0.2, 0.25) is 0 Å². The van der Waals surface area contributed by atoms with Crippen molar-refractivity contribution in [1.29, 1.82) is 0 Å². The van der Waals surface area contributed by atoms with Crippen molar-refractivity contribution in [2.45, 2.75) is 57.9 Å². The zero-order valence-electron chi connectivity index (χ0n) is 18.5. The summed E-state index contributed by atoms with van der Waals surface area (Å²) in [6.45, 7) is 5.81. The minimum atomic E-state index is -0.0920. The van der Waals surface area contributed by atoms with Gasteiger partial charge in [0.2, 0.25) is 5.91 Å². The standard InChI is InChI=1S/C26H33N3O2/c1-18(30)27-23-9-7-21(8-10-23)24-11-12-25-22-13-20(16-29(25)26(24)31)15-28(17-22)14-19-5-3-2-4-6-19/h7-12,19-20,22H,2-6,13-17H2,1H3,(H,27,30)/t20-,22+/m0/s1. The van der Waals surface area contributed by atoms with Crippen molar-refractivity contribution in [3.05, 3.63) is 52.4 Å². The van der Waals surface area contributed by atoms with E-state index in [0.29, 0.717) is 11.8 Å². The molecule has 1 aromatic heterocycles. The summed E-state index contributed by atoms with van der Waals surface area (Å²) in [5.74, 6) is 1.83. The highest BCUT2D eigenvalue weighted by atomic mass is 16.1. The van der Waals surface area contributed by atoms with Crippen LogP contribution in [0.5, 0.6) is 0 Å². The molecule has 3 aliphatic rings. The van der Waals surface area contributed by atoms with E-state index in [1.54, 1.807) is 0 Å². The number of pyridine rings is 1. The van der Waals surface area contributed by atoms with Crippen LogP contribution in [0.1, 0.15) is 57.1 Å². The second-order valence-corrected chi connectivity index (χ2v) is 9.87. The van der Waals surface area contributed by atoms with Crippen LogP contribution in [-0.2, 0) is 11.3 Å². The number of carbonyl (C=O) groups is 1. The highest BCUT2D eigenvalue weighted by molar-refractivity contribution is 5.88. The molecule has 0 radical (unpaired) electrons. The summed E-state index contributed by atoms with van der Waals surface area (Å²) in [5, 5.41) is 2.78. The lowest BCUT2D eigenvalue weighted by molar-refractivity contribution is -0.114. The van der Waals surface area contributed by atoms with Gasteiger partial charge in [0, 0.05) is 56.0 Å². The predicted molar refractivity (Wildman–Crippen MR) is 124 cm³/mol. The number of nitrogens with zero attached hydrogens (tertiary/aromatic N) is 2. The van der Waals surface area contributed by atoms with Gasteiger partial charge < -0.3 is 14.8 Å². The van der Waals surface area contributed by atoms with Gasteiger partial charge in [-0.05, 0) is 60.9 Å². The molecule has 1 aliphatic carbocycles. The number of anilines is 1. The maximum Gasteiger partial charge on any atom is 0.258 e. The number of fused-ring (bicyclic) bond motifs is 4. The molecule has 5 heteroatoms. The van der Waals surface area contributed by atoms with Crippen LogP contribution >= 0.6 is 0 Å². The largest absolute Gasteiger partial charge is 0.326 e. The quantitative estimate of drug-likeness (QED) is 0.795. The molecule has 2 fully saturated rings. The SMILES string of the molecule is CC(=O)Nc1ccc(-c2ccc3n(c2=O)C[C@H]2C[C@@H]3CN(CC3CCCCC3)C2)cc1. The fraction of sp³-hybridized carbons (Fsp3) is 0.538. The lowest BCUT2D eigenvalue weighted by Gasteiger charge is -2.44. The average Bonchev–Trinajstić information content (AvgIpc) is 2.76. The zero-order chi connectivity index (χ0) is 21.4. The van der Waals surface area contributed by atoms with Gasteiger partial charge in [0.05, 0.1) is 0 Å². The number of hydrogen-bond acceptors (Lipinski definition) is 3.